The third-order valence-corrected chi connectivity index (χ3v) is 4.41. The molecule has 1 atom stereocenters. The first kappa shape index (κ1) is 14.9. The summed E-state index contributed by atoms with van der Waals surface area (Å²) < 4.78 is 1.08. The summed E-state index contributed by atoms with van der Waals surface area (Å²) >= 11 is 11.3. The number of hydrogen-bond donors (Lipinski definition) is 1. The fourth-order valence-electron chi connectivity index (χ4n) is 1.80. The Kier molecular flexibility index (Phi) is 5.34. The molecule has 0 saturated carbocycles. The molecule has 2 N–H and O–H groups in total. The topological polar surface area (TPSA) is 26.0 Å². The van der Waals surface area contributed by atoms with Gasteiger partial charge >= 0.3 is 0 Å². The summed E-state index contributed by atoms with van der Waals surface area (Å²) in [4.78, 5) is 2.35. The molecule has 0 fully saturated rings. The summed E-state index contributed by atoms with van der Waals surface area (Å²) in [6.45, 7) is 2.02. The molecular formula is C15H15BrClNS. The van der Waals surface area contributed by atoms with Gasteiger partial charge in [-0.1, -0.05) is 51.4 Å². The molecule has 4 heteroatoms. The second-order valence-electron chi connectivity index (χ2n) is 4.49. The maximum atomic E-state index is 6.10. The summed E-state index contributed by atoms with van der Waals surface area (Å²) in [5, 5.41) is 0.755. The number of hydrogen-bond acceptors (Lipinski definition) is 2. The van der Waals surface area contributed by atoms with Crippen LogP contribution in [0.25, 0.3) is 0 Å². The van der Waals surface area contributed by atoms with Gasteiger partial charge in [-0.3, -0.25) is 0 Å². The van der Waals surface area contributed by atoms with Crippen molar-refractivity contribution >= 4 is 39.3 Å². The molecule has 0 saturated heterocycles. The number of halogens is 2. The molecule has 0 heterocycles. The van der Waals surface area contributed by atoms with E-state index in [1.165, 1.54) is 15.4 Å². The van der Waals surface area contributed by atoms with Crippen molar-refractivity contribution in [2.24, 2.45) is 5.73 Å². The van der Waals surface area contributed by atoms with Crippen LogP contribution < -0.4 is 5.73 Å². The van der Waals surface area contributed by atoms with E-state index in [4.69, 9.17) is 17.3 Å². The average Bonchev–Trinajstić information content (AvgIpc) is 2.32. The molecule has 19 heavy (non-hydrogen) atoms. The van der Waals surface area contributed by atoms with Gasteiger partial charge < -0.3 is 5.73 Å². The summed E-state index contributed by atoms with van der Waals surface area (Å²) in [5.74, 6) is 0. The Morgan fingerprint density at radius 1 is 1.26 bits per heavy atom. The highest BCUT2D eigenvalue weighted by Crippen LogP contribution is 2.34. The Morgan fingerprint density at radius 2 is 2.05 bits per heavy atom. The van der Waals surface area contributed by atoms with Crippen LogP contribution in [0.2, 0.25) is 5.02 Å². The monoisotopic (exact) mass is 355 g/mol. The molecule has 2 aromatic rings. The summed E-state index contributed by atoms with van der Waals surface area (Å²) in [6, 6.07) is 14.4. The minimum atomic E-state index is 0.142. The Balaban J connectivity index is 2.30. The number of rotatable bonds is 4. The van der Waals surface area contributed by atoms with Gasteiger partial charge in [0.25, 0.3) is 0 Å². The molecule has 0 amide bonds. The molecule has 100 valence electrons. The Bertz CT molecular complexity index is 572. The third kappa shape index (κ3) is 4.53. The van der Waals surface area contributed by atoms with Crippen LogP contribution in [0.15, 0.2) is 56.7 Å². The smallest absolute Gasteiger partial charge is 0.0417 e. The van der Waals surface area contributed by atoms with E-state index in [0.29, 0.717) is 0 Å². The van der Waals surface area contributed by atoms with Crippen molar-refractivity contribution in [1.82, 2.24) is 0 Å². The molecule has 0 aromatic heterocycles. The van der Waals surface area contributed by atoms with Crippen molar-refractivity contribution in [1.29, 1.82) is 0 Å². The highest BCUT2D eigenvalue weighted by molar-refractivity contribution is 9.10. The lowest BCUT2D eigenvalue weighted by atomic mass is 10.1. The van der Waals surface area contributed by atoms with Gasteiger partial charge in [-0.05, 0) is 49.2 Å². The van der Waals surface area contributed by atoms with E-state index in [1.807, 2.05) is 31.2 Å². The van der Waals surface area contributed by atoms with Crippen molar-refractivity contribution in [2.45, 2.75) is 29.2 Å². The Labute approximate surface area is 131 Å². The van der Waals surface area contributed by atoms with Gasteiger partial charge in [-0.15, -0.1) is 0 Å². The zero-order chi connectivity index (χ0) is 13.8. The van der Waals surface area contributed by atoms with Gasteiger partial charge in [0.1, 0.15) is 0 Å². The number of nitrogens with two attached hydrogens (primary N) is 1. The number of benzene rings is 2. The predicted octanol–water partition coefficient (Wildman–Crippen LogP) is 5.14. The average molecular weight is 357 g/mol. The maximum Gasteiger partial charge on any atom is 0.0417 e. The van der Waals surface area contributed by atoms with E-state index in [-0.39, 0.29) is 6.04 Å². The van der Waals surface area contributed by atoms with Crippen molar-refractivity contribution in [2.75, 3.05) is 0 Å². The van der Waals surface area contributed by atoms with Crippen LogP contribution in [-0.2, 0) is 6.42 Å². The molecule has 0 bridgehead atoms. The van der Waals surface area contributed by atoms with Crippen molar-refractivity contribution in [3.05, 3.63) is 57.5 Å². The quantitative estimate of drug-likeness (QED) is 0.820. The highest BCUT2D eigenvalue weighted by Gasteiger charge is 2.08. The fraction of sp³-hybridized carbons (Fsp3) is 0.200. The zero-order valence-electron chi connectivity index (χ0n) is 10.6. The molecule has 2 aromatic carbocycles. The van der Waals surface area contributed by atoms with Gasteiger partial charge in [-0.2, -0.15) is 0 Å². The van der Waals surface area contributed by atoms with Crippen molar-refractivity contribution in [3.63, 3.8) is 0 Å². The first-order chi connectivity index (χ1) is 9.04. The van der Waals surface area contributed by atoms with Gasteiger partial charge in [-0.25, -0.2) is 0 Å². The second-order valence-corrected chi connectivity index (χ2v) is 6.96. The van der Waals surface area contributed by atoms with E-state index in [1.54, 1.807) is 11.8 Å². The van der Waals surface area contributed by atoms with Crippen LogP contribution in [0.4, 0.5) is 0 Å². The molecule has 0 radical (unpaired) electrons. The maximum absolute atomic E-state index is 6.10. The van der Waals surface area contributed by atoms with Gasteiger partial charge in [0.05, 0.1) is 0 Å². The van der Waals surface area contributed by atoms with E-state index in [0.717, 1.165) is 15.9 Å². The molecule has 1 unspecified atom stereocenters. The molecule has 2 rings (SSSR count). The van der Waals surface area contributed by atoms with Gasteiger partial charge in [0.15, 0.2) is 0 Å². The van der Waals surface area contributed by atoms with Crippen LogP contribution >= 0.6 is 39.3 Å². The fourth-order valence-corrected chi connectivity index (χ4v) is 3.64. The van der Waals surface area contributed by atoms with Crippen LogP contribution in [0.1, 0.15) is 12.5 Å². The van der Waals surface area contributed by atoms with E-state index >= 15 is 0 Å². The molecule has 0 spiro atoms. The van der Waals surface area contributed by atoms with Crippen molar-refractivity contribution in [3.8, 4) is 0 Å². The first-order valence-corrected chi connectivity index (χ1v) is 8.01. The zero-order valence-corrected chi connectivity index (χ0v) is 13.7. The van der Waals surface area contributed by atoms with E-state index in [9.17, 15) is 0 Å². The van der Waals surface area contributed by atoms with Crippen molar-refractivity contribution < 1.29 is 0 Å². The van der Waals surface area contributed by atoms with E-state index in [2.05, 4.69) is 34.1 Å². The normalized spacial score (nSPS) is 12.4. The lowest BCUT2D eigenvalue weighted by Gasteiger charge is -2.12. The summed E-state index contributed by atoms with van der Waals surface area (Å²) in [6.07, 6.45) is 0.855. The first-order valence-electron chi connectivity index (χ1n) is 6.02. The highest BCUT2D eigenvalue weighted by atomic mass is 79.9. The van der Waals surface area contributed by atoms with Crippen LogP contribution in [-0.4, -0.2) is 6.04 Å². The second kappa shape index (κ2) is 6.80. The molecule has 0 aliphatic rings. The van der Waals surface area contributed by atoms with Crippen LogP contribution in [0.3, 0.4) is 0 Å². The minimum Gasteiger partial charge on any atom is -0.328 e. The standard InChI is InChI=1S/C15H15BrClNS/c1-10(18)7-11-5-6-13(17)9-15(11)19-14-4-2-3-12(16)8-14/h2-6,8-10H,7,18H2,1H3. The van der Waals surface area contributed by atoms with Gasteiger partial charge in [0.2, 0.25) is 0 Å². The minimum absolute atomic E-state index is 0.142. The summed E-state index contributed by atoms with van der Waals surface area (Å²) in [5.41, 5.74) is 7.14. The molecule has 0 aliphatic carbocycles. The largest absolute Gasteiger partial charge is 0.328 e. The molecule has 0 aliphatic heterocycles. The molecule has 1 nitrogen and oxygen atoms in total. The SMILES string of the molecule is CC(N)Cc1ccc(Cl)cc1Sc1cccc(Br)c1. The van der Waals surface area contributed by atoms with Gasteiger partial charge in [0, 0.05) is 25.3 Å². The predicted molar refractivity (Wildman–Crippen MR) is 87.1 cm³/mol. The Hall–Kier alpha value is -0.480. The summed E-state index contributed by atoms with van der Waals surface area (Å²) in [7, 11) is 0. The van der Waals surface area contributed by atoms with Crippen LogP contribution in [0, 0.1) is 0 Å². The lowest BCUT2D eigenvalue weighted by Crippen LogP contribution is -2.18. The lowest BCUT2D eigenvalue weighted by molar-refractivity contribution is 0.729. The van der Waals surface area contributed by atoms with E-state index < -0.39 is 0 Å². The Morgan fingerprint density at radius 3 is 2.74 bits per heavy atom. The third-order valence-electron chi connectivity index (χ3n) is 2.59. The van der Waals surface area contributed by atoms with Crippen LogP contribution in [0.5, 0.6) is 0 Å². The molecular weight excluding hydrogens is 342 g/mol.